The van der Waals surface area contributed by atoms with Gasteiger partial charge in [-0.2, -0.15) is 0 Å². The summed E-state index contributed by atoms with van der Waals surface area (Å²) in [5.41, 5.74) is 2.56. The minimum absolute atomic E-state index is 0.685. The van der Waals surface area contributed by atoms with Gasteiger partial charge in [0.05, 0.1) is 10.7 Å². The highest BCUT2D eigenvalue weighted by molar-refractivity contribution is 7.09. The van der Waals surface area contributed by atoms with Gasteiger partial charge in [-0.25, -0.2) is 4.98 Å². The van der Waals surface area contributed by atoms with Gasteiger partial charge in [-0.1, -0.05) is 12.0 Å². The van der Waals surface area contributed by atoms with E-state index in [1.165, 1.54) is 31.4 Å². The number of piperidine rings is 1. The van der Waals surface area contributed by atoms with Gasteiger partial charge in [0.15, 0.2) is 0 Å². The lowest BCUT2D eigenvalue weighted by Gasteiger charge is -2.23. The van der Waals surface area contributed by atoms with Gasteiger partial charge >= 0.3 is 0 Å². The summed E-state index contributed by atoms with van der Waals surface area (Å²) in [5.74, 6) is 0. The molecule has 0 aliphatic carbocycles. The number of hydrogen-bond acceptors (Lipinski definition) is 3. The zero-order valence-corrected chi connectivity index (χ0v) is 10.9. The second-order valence-electron chi connectivity index (χ2n) is 4.63. The second kappa shape index (κ2) is 5.60. The maximum absolute atomic E-state index is 4.47. The summed E-state index contributed by atoms with van der Waals surface area (Å²) in [6.45, 7) is 5.46. The molecule has 2 heterocycles. The van der Waals surface area contributed by atoms with Crippen LogP contribution in [0.5, 0.6) is 0 Å². The number of thiazole rings is 1. The molecule has 1 fully saturated rings. The lowest BCUT2D eigenvalue weighted by Crippen LogP contribution is -2.33. The van der Waals surface area contributed by atoms with Gasteiger partial charge in [0, 0.05) is 11.4 Å². The Balaban J connectivity index is 1.91. The Morgan fingerprint density at radius 3 is 3.12 bits per heavy atom. The van der Waals surface area contributed by atoms with Crippen LogP contribution >= 0.6 is 11.3 Å². The van der Waals surface area contributed by atoms with Crippen LogP contribution < -0.4 is 5.32 Å². The van der Waals surface area contributed by atoms with Gasteiger partial charge in [0.25, 0.3) is 0 Å². The zero-order valence-electron chi connectivity index (χ0n) is 10.1. The van der Waals surface area contributed by atoms with E-state index in [9.17, 15) is 0 Å². The molecule has 1 atom stereocenters. The lowest BCUT2D eigenvalue weighted by atomic mass is 9.98. The molecule has 1 aliphatic heterocycles. The number of nitrogens with one attached hydrogen (secondary N) is 1. The molecular weight excluding hydrogens is 216 g/mol. The smallest absolute Gasteiger partial charge is 0.0901 e. The van der Waals surface area contributed by atoms with Crippen LogP contribution in [-0.2, 0) is 0 Å². The molecule has 0 aromatic carbocycles. The highest BCUT2D eigenvalue weighted by atomic mass is 32.1. The Kier molecular flexibility index (Phi) is 4.13. The summed E-state index contributed by atoms with van der Waals surface area (Å²) in [5, 5.41) is 6.86. The molecule has 2 rings (SSSR count). The monoisotopic (exact) mass is 236 g/mol. The van der Waals surface area contributed by atoms with E-state index in [0.717, 1.165) is 17.1 Å². The maximum atomic E-state index is 4.47. The molecule has 0 spiro atoms. The lowest BCUT2D eigenvalue weighted by molar-refractivity contribution is 0.399. The predicted molar refractivity (Wildman–Crippen MR) is 70.8 cm³/mol. The summed E-state index contributed by atoms with van der Waals surface area (Å²) in [7, 11) is 0. The number of aromatic nitrogens is 1. The van der Waals surface area contributed by atoms with Crippen molar-refractivity contribution in [2.75, 3.05) is 6.54 Å². The third-order valence-electron chi connectivity index (χ3n) is 3.01. The van der Waals surface area contributed by atoms with Crippen LogP contribution in [0, 0.1) is 6.92 Å². The first kappa shape index (κ1) is 11.8. The molecule has 3 heteroatoms. The Hall–Kier alpha value is -0.670. The molecule has 1 N–H and O–H groups in total. The molecule has 0 saturated carbocycles. The topological polar surface area (TPSA) is 24.9 Å². The van der Waals surface area contributed by atoms with Crippen molar-refractivity contribution in [2.24, 2.45) is 0 Å². The van der Waals surface area contributed by atoms with Crippen molar-refractivity contribution in [1.29, 1.82) is 0 Å². The largest absolute Gasteiger partial charge is 0.314 e. The first-order valence-corrected chi connectivity index (χ1v) is 6.94. The van der Waals surface area contributed by atoms with Crippen LogP contribution in [0.3, 0.4) is 0 Å². The van der Waals surface area contributed by atoms with Gasteiger partial charge in [0.2, 0.25) is 0 Å². The van der Waals surface area contributed by atoms with Gasteiger partial charge in [-0.3, -0.25) is 0 Å². The van der Waals surface area contributed by atoms with Crippen LogP contribution in [0.4, 0.5) is 0 Å². The van der Waals surface area contributed by atoms with Crippen LogP contribution in [0.2, 0.25) is 0 Å². The SMILES string of the molecule is CC(=Cc1csc(C)n1)CC1CCCCN1. The van der Waals surface area contributed by atoms with E-state index in [4.69, 9.17) is 0 Å². The third-order valence-corrected chi connectivity index (χ3v) is 3.80. The fourth-order valence-electron chi connectivity index (χ4n) is 2.24. The van der Waals surface area contributed by atoms with Crippen molar-refractivity contribution >= 4 is 17.4 Å². The standard InChI is InChI=1S/C13H20N2S/c1-10(7-12-5-3-4-6-14-12)8-13-9-16-11(2)15-13/h8-9,12,14H,3-7H2,1-2H3. The van der Waals surface area contributed by atoms with Gasteiger partial charge in [-0.15, -0.1) is 11.3 Å². The first-order chi connectivity index (χ1) is 7.74. The van der Waals surface area contributed by atoms with Gasteiger partial charge < -0.3 is 5.32 Å². The number of rotatable bonds is 3. The summed E-state index contributed by atoms with van der Waals surface area (Å²) in [4.78, 5) is 4.47. The van der Waals surface area contributed by atoms with Crippen molar-refractivity contribution in [1.82, 2.24) is 10.3 Å². The fraction of sp³-hybridized carbons (Fsp3) is 0.615. The van der Waals surface area contributed by atoms with Crippen molar-refractivity contribution in [2.45, 2.75) is 45.6 Å². The third kappa shape index (κ3) is 3.42. The van der Waals surface area contributed by atoms with Crippen LogP contribution in [-0.4, -0.2) is 17.6 Å². The van der Waals surface area contributed by atoms with Crippen LogP contribution in [0.15, 0.2) is 11.0 Å². The van der Waals surface area contributed by atoms with Crippen molar-refractivity contribution in [3.63, 3.8) is 0 Å². The molecule has 88 valence electrons. The minimum atomic E-state index is 0.685. The molecule has 2 nitrogen and oxygen atoms in total. The van der Waals surface area contributed by atoms with E-state index in [-0.39, 0.29) is 0 Å². The molecule has 1 unspecified atom stereocenters. The maximum Gasteiger partial charge on any atom is 0.0901 e. The molecule has 0 bridgehead atoms. The Bertz CT molecular complexity index is 362. The van der Waals surface area contributed by atoms with E-state index in [1.54, 1.807) is 11.3 Å². The molecule has 1 aromatic rings. The number of nitrogens with zero attached hydrogens (tertiary/aromatic N) is 1. The number of aryl methyl sites for hydroxylation is 1. The van der Waals surface area contributed by atoms with Crippen molar-refractivity contribution < 1.29 is 0 Å². The van der Waals surface area contributed by atoms with E-state index < -0.39 is 0 Å². The van der Waals surface area contributed by atoms with Crippen LogP contribution in [0.1, 0.15) is 43.3 Å². The molecular formula is C13H20N2S. The average Bonchev–Trinajstić information content (AvgIpc) is 2.65. The van der Waals surface area contributed by atoms with E-state index >= 15 is 0 Å². The molecule has 16 heavy (non-hydrogen) atoms. The van der Waals surface area contributed by atoms with Gasteiger partial charge in [-0.05, 0) is 45.7 Å². The molecule has 1 saturated heterocycles. The van der Waals surface area contributed by atoms with Crippen molar-refractivity contribution in [3.05, 3.63) is 21.7 Å². The summed E-state index contributed by atoms with van der Waals surface area (Å²) in [6.07, 6.45) is 7.42. The molecule has 1 aliphatic rings. The predicted octanol–water partition coefficient (Wildman–Crippen LogP) is 3.39. The Morgan fingerprint density at radius 2 is 2.50 bits per heavy atom. The number of hydrogen-bond donors (Lipinski definition) is 1. The van der Waals surface area contributed by atoms with Crippen LogP contribution in [0.25, 0.3) is 6.08 Å². The quantitative estimate of drug-likeness (QED) is 0.870. The molecule has 0 radical (unpaired) electrons. The minimum Gasteiger partial charge on any atom is -0.314 e. The van der Waals surface area contributed by atoms with Crippen molar-refractivity contribution in [3.8, 4) is 0 Å². The molecule has 1 aromatic heterocycles. The average molecular weight is 236 g/mol. The fourth-order valence-corrected chi connectivity index (χ4v) is 2.81. The Labute approximate surface area is 102 Å². The molecule has 0 amide bonds. The first-order valence-electron chi connectivity index (χ1n) is 6.07. The second-order valence-corrected chi connectivity index (χ2v) is 5.70. The summed E-state index contributed by atoms with van der Waals surface area (Å²) < 4.78 is 0. The Morgan fingerprint density at radius 1 is 1.62 bits per heavy atom. The van der Waals surface area contributed by atoms with E-state index in [1.807, 2.05) is 0 Å². The van der Waals surface area contributed by atoms with E-state index in [0.29, 0.717) is 6.04 Å². The normalized spacial score (nSPS) is 22.4. The zero-order chi connectivity index (χ0) is 11.4. The summed E-state index contributed by atoms with van der Waals surface area (Å²) in [6, 6.07) is 0.685. The van der Waals surface area contributed by atoms with E-state index in [2.05, 4.69) is 35.6 Å². The van der Waals surface area contributed by atoms with Gasteiger partial charge in [0.1, 0.15) is 0 Å². The highest BCUT2D eigenvalue weighted by Crippen LogP contribution is 2.18. The summed E-state index contributed by atoms with van der Waals surface area (Å²) >= 11 is 1.72. The highest BCUT2D eigenvalue weighted by Gasteiger charge is 2.12.